The highest BCUT2D eigenvalue weighted by molar-refractivity contribution is 9.11. The quantitative estimate of drug-likeness (QED) is 0.475. The van der Waals surface area contributed by atoms with Crippen molar-refractivity contribution in [1.29, 1.82) is 0 Å². The molecule has 3 nitrogen and oxygen atoms in total. The number of oxime groups is 1. The fourth-order valence-corrected chi connectivity index (χ4v) is 2.00. The second kappa shape index (κ2) is 3.91. The first-order valence-corrected chi connectivity index (χ1v) is 4.59. The molecule has 0 aromatic heterocycles. The Labute approximate surface area is 86.0 Å². The lowest BCUT2D eigenvalue weighted by Crippen LogP contribution is -1.83. The van der Waals surface area contributed by atoms with Crippen molar-refractivity contribution in [2.75, 3.05) is 0 Å². The van der Waals surface area contributed by atoms with Gasteiger partial charge >= 0.3 is 0 Å². The molecule has 1 rings (SSSR count). The largest absolute Gasteiger partial charge is 0.506 e. The van der Waals surface area contributed by atoms with Crippen LogP contribution in [-0.4, -0.2) is 16.5 Å². The first-order valence-electron chi connectivity index (χ1n) is 3.00. The van der Waals surface area contributed by atoms with E-state index in [0.29, 0.717) is 10.0 Å². The van der Waals surface area contributed by atoms with Crippen LogP contribution in [-0.2, 0) is 0 Å². The minimum atomic E-state index is 0.0519. The van der Waals surface area contributed by atoms with Crippen molar-refractivity contribution < 1.29 is 10.3 Å². The lowest BCUT2D eigenvalue weighted by Gasteiger charge is -2.01. The van der Waals surface area contributed by atoms with Gasteiger partial charge in [0.05, 0.1) is 10.7 Å². The Morgan fingerprint density at radius 1 is 1.33 bits per heavy atom. The van der Waals surface area contributed by atoms with Gasteiger partial charge in [-0.3, -0.25) is 0 Å². The van der Waals surface area contributed by atoms with Crippen LogP contribution in [0.3, 0.4) is 0 Å². The normalized spacial score (nSPS) is 10.8. The molecule has 0 heterocycles. The van der Waals surface area contributed by atoms with Crippen molar-refractivity contribution in [1.82, 2.24) is 0 Å². The average Bonchev–Trinajstić information content (AvgIpc) is 2.00. The van der Waals surface area contributed by atoms with Gasteiger partial charge < -0.3 is 10.3 Å². The molecule has 1 aromatic carbocycles. The van der Waals surface area contributed by atoms with Crippen LogP contribution in [0.2, 0.25) is 0 Å². The Kier molecular flexibility index (Phi) is 3.11. The highest BCUT2D eigenvalue weighted by atomic mass is 79.9. The summed E-state index contributed by atoms with van der Waals surface area (Å²) in [6, 6.07) is 3.34. The minimum Gasteiger partial charge on any atom is -0.506 e. The number of phenols is 1. The molecular weight excluding hydrogens is 290 g/mol. The smallest absolute Gasteiger partial charge is 0.138 e. The highest BCUT2D eigenvalue weighted by Gasteiger charge is 2.04. The number of nitrogens with zero attached hydrogens (tertiary/aromatic N) is 1. The van der Waals surface area contributed by atoms with Gasteiger partial charge in [0.25, 0.3) is 0 Å². The number of halogens is 2. The molecule has 1 aromatic rings. The van der Waals surface area contributed by atoms with Crippen LogP contribution < -0.4 is 0 Å². The molecule has 0 spiro atoms. The van der Waals surface area contributed by atoms with E-state index < -0.39 is 0 Å². The van der Waals surface area contributed by atoms with Crippen LogP contribution >= 0.6 is 31.9 Å². The minimum absolute atomic E-state index is 0.0519. The van der Waals surface area contributed by atoms with Gasteiger partial charge in [-0.1, -0.05) is 21.1 Å². The second-order valence-corrected chi connectivity index (χ2v) is 3.84. The molecule has 0 radical (unpaired) electrons. The molecule has 0 amide bonds. The van der Waals surface area contributed by atoms with Crippen LogP contribution in [0.15, 0.2) is 26.2 Å². The summed E-state index contributed by atoms with van der Waals surface area (Å²) < 4.78 is 1.34. The van der Waals surface area contributed by atoms with Gasteiger partial charge in [-0.15, -0.1) is 0 Å². The van der Waals surface area contributed by atoms with E-state index in [1.54, 1.807) is 12.1 Å². The summed E-state index contributed by atoms with van der Waals surface area (Å²) in [5.74, 6) is 0.0519. The lowest BCUT2D eigenvalue weighted by atomic mass is 10.2. The highest BCUT2D eigenvalue weighted by Crippen LogP contribution is 2.30. The van der Waals surface area contributed by atoms with Crippen molar-refractivity contribution >= 4 is 38.1 Å². The summed E-state index contributed by atoms with van der Waals surface area (Å²) in [7, 11) is 0. The number of benzene rings is 1. The number of hydrogen-bond donors (Lipinski definition) is 2. The van der Waals surface area contributed by atoms with E-state index in [1.165, 1.54) is 0 Å². The molecule has 0 bridgehead atoms. The molecular formula is C7H5Br2NO2. The van der Waals surface area contributed by atoms with Crippen LogP contribution in [0.5, 0.6) is 5.75 Å². The molecule has 0 saturated heterocycles. The van der Waals surface area contributed by atoms with Crippen LogP contribution in [0.25, 0.3) is 0 Å². The first kappa shape index (κ1) is 9.54. The van der Waals surface area contributed by atoms with Gasteiger partial charge in [0, 0.05) is 10.0 Å². The van der Waals surface area contributed by atoms with E-state index in [4.69, 9.17) is 5.21 Å². The molecule has 2 N–H and O–H groups in total. The SMILES string of the molecule is O/N=C/c1cc(Br)cc(Br)c1O. The summed E-state index contributed by atoms with van der Waals surface area (Å²) >= 11 is 6.38. The second-order valence-electron chi connectivity index (χ2n) is 2.07. The molecule has 64 valence electrons. The first-order chi connectivity index (χ1) is 5.65. The van der Waals surface area contributed by atoms with Crippen molar-refractivity contribution in [3.8, 4) is 5.75 Å². The van der Waals surface area contributed by atoms with Gasteiger partial charge in [-0.2, -0.15) is 0 Å². The van der Waals surface area contributed by atoms with Gasteiger partial charge in [0.15, 0.2) is 0 Å². The Balaban J connectivity index is 3.27. The molecule has 0 aliphatic rings. The van der Waals surface area contributed by atoms with E-state index in [1.807, 2.05) is 0 Å². The van der Waals surface area contributed by atoms with Crippen LogP contribution in [0, 0.1) is 0 Å². The molecule has 0 aliphatic carbocycles. The van der Waals surface area contributed by atoms with Crippen molar-refractivity contribution in [2.24, 2.45) is 5.16 Å². The zero-order valence-electron chi connectivity index (χ0n) is 5.83. The Bertz CT molecular complexity index is 325. The van der Waals surface area contributed by atoms with Crippen LogP contribution in [0.1, 0.15) is 5.56 Å². The van der Waals surface area contributed by atoms with E-state index in [9.17, 15) is 5.11 Å². The molecule has 0 unspecified atom stereocenters. The summed E-state index contributed by atoms with van der Waals surface area (Å²) in [5, 5.41) is 20.5. The number of rotatable bonds is 1. The average molecular weight is 295 g/mol. The predicted molar refractivity (Wildman–Crippen MR) is 52.9 cm³/mol. The van der Waals surface area contributed by atoms with Gasteiger partial charge in [-0.05, 0) is 28.1 Å². The third kappa shape index (κ3) is 1.98. The number of phenolic OH excluding ortho intramolecular Hbond substituents is 1. The van der Waals surface area contributed by atoms with Gasteiger partial charge in [0.1, 0.15) is 5.75 Å². The fraction of sp³-hybridized carbons (Fsp3) is 0. The van der Waals surface area contributed by atoms with E-state index in [0.717, 1.165) is 10.7 Å². The number of hydrogen-bond acceptors (Lipinski definition) is 3. The summed E-state index contributed by atoms with van der Waals surface area (Å²) in [4.78, 5) is 0. The molecule has 0 fully saturated rings. The zero-order valence-corrected chi connectivity index (χ0v) is 9.00. The fourth-order valence-electron chi connectivity index (χ4n) is 0.746. The molecule has 0 atom stereocenters. The van der Waals surface area contributed by atoms with E-state index >= 15 is 0 Å². The maximum atomic E-state index is 9.38. The van der Waals surface area contributed by atoms with Crippen molar-refractivity contribution in [2.45, 2.75) is 0 Å². The predicted octanol–water partition coefficient (Wildman–Crippen LogP) is 2.73. The Morgan fingerprint density at radius 3 is 2.58 bits per heavy atom. The molecule has 0 saturated carbocycles. The summed E-state index contributed by atoms with van der Waals surface area (Å²) in [5.41, 5.74) is 0.443. The third-order valence-corrected chi connectivity index (χ3v) is 2.32. The van der Waals surface area contributed by atoms with E-state index in [-0.39, 0.29) is 5.75 Å². The third-order valence-electron chi connectivity index (χ3n) is 1.25. The lowest BCUT2D eigenvalue weighted by molar-refractivity contribution is 0.321. The molecule has 0 aliphatic heterocycles. The summed E-state index contributed by atoms with van der Waals surface area (Å²) in [6.45, 7) is 0. The monoisotopic (exact) mass is 293 g/mol. The maximum Gasteiger partial charge on any atom is 0.138 e. The number of aromatic hydroxyl groups is 1. The maximum absolute atomic E-state index is 9.38. The summed E-state index contributed by atoms with van der Waals surface area (Å²) in [6.07, 6.45) is 1.16. The molecule has 5 heteroatoms. The topological polar surface area (TPSA) is 52.8 Å². The van der Waals surface area contributed by atoms with Gasteiger partial charge in [0.2, 0.25) is 0 Å². The molecule has 12 heavy (non-hydrogen) atoms. The van der Waals surface area contributed by atoms with Gasteiger partial charge in [-0.25, -0.2) is 0 Å². The Hall–Kier alpha value is -0.550. The van der Waals surface area contributed by atoms with Crippen LogP contribution in [0.4, 0.5) is 0 Å². The van der Waals surface area contributed by atoms with E-state index in [2.05, 4.69) is 37.0 Å². The van der Waals surface area contributed by atoms with Crippen molar-refractivity contribution in [3.05, 3.63) is 26.6 Å². The van der Waals surface area contributed by atoms with Crippen molar-refractivity contribution in [3.63, 3.8) is 0 Å². The Morgan fingerprint density at radius 2 is 2.00 bits per heavy atom. The standard InChI is InChI=1S/C7H5Br2NO2/c8-5-1-4(3-10-12)7(11)6(9)2-5/h1-3,11-12H/b10-3+. The zero-order chi connectivity index (χ0) is 9.14.